The number of nitrogens with one attached hydrogen (secondary N) is 1. The third kappa shape index (κ3) is 4.25. The highest BCUT2D eigenvalue weighted by atomic mass is 19.4. The van der Waals surface area contributed by atoms with Crippen molar-refractivity contribution in [1.29, 1.82) is 0 Å². The average molecular weight is 333 g/mol. The number of alkyl halides is 3. The van der Waals surface area contributed by atoms with E-state index in [1.807, 2.05) is 0 Å². The van der Waals surface area contributed by atoms with Gasteiger partial charge in [-0.15, -0.1) is 0 Å². The summed E-state index contributed by atoms with van der Waals surface area (Å²) in [6, 6.07) is 2.49. The summed E-state index contributed by atoms with van der Waals surface area (Å²) >= 11 is 0. The van der Waals surface area contributed by atoms with E-state index in [0.29, 0.717) is 12.2 Å². The number of carbonyl (C=O) groups is 2. The first-order valence-corrected chi connectivity index (χ1v) is 7.08. The maximum atomic E-state index is 12.4. The third-order valence-corrected chi connectivity index (χ3v) is 3.69. The van der Waals surface area contributed by atoms with E-state index in [0.717, 1.165) is 4.90 Å². The van der Waals surface area contributed by atoms with Crippen LogP contribution < -0.4 is 5.32 Å². The van der Waals surface area contributed by atoms with Crippen LogP contribution in [-0.2, 0) is 11.3 Å². The van der Waals surface area contributed by atoms with Crippen LogP contribution in [0.4, 0.5) is 13.2 Å². The van der Waals surface area contributed by atoms with Crippen molar-refractivity contribution in [2.24, 2.45) is 0 Å². The highest BCUT2D eigenvalue weighted by Crippen LogP contribution is 2.24. The average Bonchev–Trinajstić information content (AvgIpc) is 3.05. The monoisotopic (exact) mass is 333 g/mol. The van der Waals surface area contributed by atoms with Crippen LogP contribution in [0.1, 0.15) is 22.7 Å². The minimum Gasteiger partial charge on any atom is -0.455 e. The number of rotatable bonds is 5. The van der Waals surface area contributed by atoms with Gasteiger partial charge in [0.25, 0.3) is 5.91 Å². The molecule has 0 spiro atoms. The Bertz CT molecular complexity index is 585. The summed E-state index contributed by atoms with van der Waals surface area (Å²) in [4.78, 5) is 25.9. The predicted octanol–water partition coefficient (Wildman–Crippen LogP) is 1.23. The molecular formula is C14H18F3N3O3. The fraction of sp³-hybridized carbons (Fsp3) is 0.571. The molecule has 1 aromatic rings. The number of hydrogen-bond donors (Lipinski definition) is 1. The van der Waals surface area contributed by atoms with Crippen LogP contribution in [0.25, 0.3) is 0 Å². The maximum absolute atomic E-state index is 12.4. The summed E-state index contributed by atoms with van der Waals surface area (Å²) in [6.07, 6.45) is -4.07. The standard InChI is InChI=1S/C14H18F3N3O3/c1-18-12(21)11-4-3-9(23-11)7-19(2)10-5-6-20(13(10)22)8-14(15,16)17/h3-4,10H,5-8H2,1-2H3,(H,18,21)/t10-/m1/s1. The van der Waals surface area contributed by atoms with Gasteiger partial charge in [-0.2, -0.15) is 13.2 Å². The number of furan rings is 1. The number of likely N-dealkylation sites (N-methyl/N-ethyl adjacent to an activating group) is 1. The van der Waals surface area contributed by atoms with E-state index in [4.69, 9.17) is 4.42 Å². The second kappa shape index (κ2) is 6.61. The molecule has 0 bridgehead atoms. The maximum Gasteiger partial charge on any atom is 0.406 e. The highest BCUT2D eigenvalue weighted by Gasteiger charge is 2.40. The summed E-state index contributed by atoms with van der Waals surface area (Å²) < 4.78 is 42.6. The number of hydrogen-bond acceptors (Lipinski definition) is 4. The topological polar surface area (TPSA) is 65.8 Å². The molecule has 9 heteroatoms. The predicted molar refractivity (Wildman–Crippen MR) is 74.6 cm³/mol. The Morgan fingerprint density at radius 2 is 2.17 bits per heavy atom. The zero-order valence-electron chi connectivity index (χ0n) is 12.8. The molecule has 6 nitrogen and oxygen atoms in total. The molecule has 1 saturated heterocycles. The van der Waals surface area contributed by atoms with Crippen LogP contribution in [-0.4, -0.2) is 61.0 Å². The molecule has 23 heavy (non-hydrogen) atoms. The van der Waals surface area contributed by atoms with Gasteiger partial charge in [-0.3, -0.25) is 14.5 Å². The van der Waals surface area contributed by atoms with E-state index < -0.39 is 24.7 Å². The van der Waals surface area contributed by atoms with Gasteiger partial charge in [0.1, 0.15) is 12.3 Å². The summed E-state index contributed by atoms with van der Waals surface area (Å²) in [5.41, 5.74) is 0. The number of halogens is 3. The first kappa shape index (κ1) is 17.3. The molecule has 2 amide bonds. The first-order valence-electron chi connectivity index (χ1n) is 7.08. The van der Waals surface area contributed by atoms with Crippen LogP contribution in [0.5, 0.6) is 0 Å². The zero-order chi connectivity index (χ0) is 17.2. The first-order chi connectivity index (χ1) is 10.7. The largest absolute Gasteiger partial charge is 0.455 e. The Kier molecular flexibility index (Phi) is 4.98. The lowest BCUT2D eigenvalue weighted by atomic mass is 10.2. The van der Waals surface area contributed by atoms with E-state index in [1.54, 1.807) is 18.0 Å². The van der Waals surface area contributed by atoms with Crippen molar-refractivity contribution >= 4 is 11.8 Å². The fourth-order valence-electron chi connectivity index (χ4n) is 2.57. The Balaban J connectivity index is 1.96. The van der Waals surface area contributed by atoms with Gasteiger partial charge in [0.2, 0.25) is 5.91 Å². The molecule has 2 heterocycles. The van der Waals surface area contributed by atoms with Crippen LogP contribution in [0.3, 0.4) is 0 Å². The highest BCUT2D eigenvalue weighted by molar-refractivity contribution is 5.91. The number of likely N-dealkylation sites (tertiary alicyclic amines) is 1. The lowest BCUT2D eigenvalue weighted by Crippen LogP contribution is -2.42. The van der Waals surface area contributed by atoms with Crippen LogP contribution in [0, 0.1) is 0 Å². The number of nitrogens with zero attached hydrogens (tertiary/aromatic N) is 2. The van der Waals surface area contributed by atoms with E-state index in [1.165, 1.54) is 13.1 Å². The van der Waals surface area contributed by atoms with E-state index >= 15 is 0 Å². The minimum absolute atomic E-state index is 0.0784. The van der Waals surface area contributed by atoms with Gasteiger partial charge in [0, 0.05) is 13.6 Å². The van der Waals surface area contributed by atoms with E-state index in [9.17, 15) is 22.8 Å². The second-order valence-corrected chi connectivity index (χ2v) is 5.44. The van der Waals surface area contributed by atoms with Crippen molar-refractivity contribution in [3.05, 3.63) is 23.7 Å². The van der Waals surface area contributed by atoms with Crippen molar-refractivity contribution in [3.63, 3.8) is 0 Å². The molecule has 0 aliphatic carbocycles. The molecule has 0 saturated carbocycles. The molecule has 0 aromatic carbocycles. The minimum atomic E-state index is -4.40. The molecule has 1 N–H and O–H groups in total. The van der Waals surface area contributed by atoms with Gasteiger partial charge < -0.3 is 14.6 Å². The second-order valence-electron chi connectivity index (χ2n) is 5.44. The Labute approximate surface area is 131 Å². The SMILES string of the molecule is CNC(=O)c1ccc(CN(C)[C@@H]2CCN(CC(F)(F)F)C2=O)o1. The number of amides is 2. The van der Waals surface area contributed by atoms with Gasteiger partial charge in [-0.25, -0.2) is 0 Å². The summed E-state index contributed by atoms with van der Waals surface area (Å²) in [6.45, 7) is -0.917. The summed E-state index contributed by atoms with van der Waals surface area (Å²) in [7, 11) is 3.12. The van der Waals surface area contributed by atoms with E-state index in [-0.39, 0.29) is 24.8 Å². The lowest BCUT2D eigenvalue weighted by molar-refractivity contribution is -0.159. The molecule has 1 aliphatic heterocycles. The Morgan fingerprint density at radius 1 is 1.48 bits per heavy atom. The molecule has 1 atom stereocenters. The van der Waals surface area contributed by atoms with Crippen molar-refractivity contribution in [2.45, 2.75) is 25.2 Å². The molecule has 1 aromatic heterocycles. The Morgan fingerprint density at radius 3 is 2.78 bits per heavy atom. The molecule has 0 unspecified atom stereocenters. The van der Waals surface area contributed by atoms with Gasteiger partial charge in [0.15, 0.2) is 5.76 Å². The quantitative estimate of drug-likeness (QED) is 0.880. The van der Waals surface area contributed by atoms with Crippen LogP contribution in [0.15, 0.2) is 16.5 Å². The molecule has 0 radical (unpaired) electrons. The normalized spacial score (nSPS) is 18.8. The van der Waals surface area contributed by atoms with Crippen molar-refractivity contribution in [2.75, 3.05) is 27.2 Å². The molecule has 1 aliphatic rings. The lowest BCUT2D eigenvalue weighted by Gasteiger charge is -2.23. The van der Waals surface area contributed by atoms with Gasteiger partial charge in [0.05, 0.1) is 12.6 Å². The van der Waals surface area contributed by atoms with Crippen molar-refractivity contribution < 1.29 is 27.2 Å². The van der Waals surface area contributed by atoms with Crippen molar-refractivity contribution in [3.8, 4) is 0 Å². The molecular weight excluding hydrogens is 315 g/mol. The van der Waals surface area contributed by atoms with Crippen molar-refractivity contribution in [1.82, 2.24) is 15.1 Å². The van der Waals surface area contributed by atoms with Crippen LogP contribution >= 0.6 is 0 Å². The molecule has 2 rings (SSSR count). The third-order valence-electron chi connectivity index (χ3n) is 3.69. The van der Waals surface area contributed by atoms with Gasteiger partial charge >= 0.3 is 6.18 Å². The smallest absolute Gasteiger partial charge is 0.406 e. The number of carbonyl (C=O) groups excluding carboxylic acids is 2. The van der Waals surface area contributed by atoms with Gasteiger partial charge in [-0.1, -0.05) is 0 Å². The summed E-state index contributed by atoms with van der Waals surface area (Å²) in [5, 5.41) is 2.42. The van der Waals surface area contributed by atoms with E-state index in [2.05, 4.69) is 5.32 Å². The summed E-state index contributed by atoms with van der Waals surface area (Å²) in [5.74, 6) is -0.296. The zero-order valence-corrected chi connectivity index (χ0v) is 12.8. The van der Waals surface area contributed by atoms with Gasteiger partial charge in [-0.05, 0) is 25.6 Å². The molecule has 1 fully saturated rings. The molecule has 128 valence electrons. The Hall–Kier alpha value is -2.03. The fourth-order valence-corrected chi connectivity index (χ4v) is 2.57. The van der Waals surface area contributed by atoms with Crippen LogP contribution in [0.2, 0.25) is 0 Å².